The molecule has 1 aromatic carbocycles. The van der Waals surface area contributed by atoms with Crippen LogP contribution in [0, 0.1) is 0 Å². The monoisotopic (exact) mass is 202 g/mol. The third-order valence-electron chi connectivity index (χ3n) is 2.03. The number of carbonyl (C=O) groups is 1. The first-order chi connectivity index (χ1) is 7.31. The molecule has 0 aliphatic heterocycles. The first-order valence-electron chi connectivity index (χ1n) is 4.49. The van der Waals surface area contributed by atoms with E-state index >= 15 is 0 Å². The van der Waals surface area contributed by atoms with Gasteiger partial charge in [0.05, 0.1) is 7.11 Å². The summed E-state index contributed by atoms with van der Waals surface area (Å²) < 4.78 is 6.34. The second-order valence-electron chi connectivity index (χ2n) is 2.99. The zero-order chi connectivity index (χ0) is 10.7. The fourth-order valence-electron chi connectivity index (χ4n) is 1.27. The van der Waals surface area contributed by atoms with Crippen LogP contribution < -0.4 is 0 Å². The number of rotatable bonds is 2. The maximum atomic E-state index is 11.2. The highest BCUT2D eigenvalue weighted by Crippen LogP contribution is 2.08. The zero-order valence-corrected chi connectivity index (χ0v) is 8.25. The SMILES string of the molecule is COC(=O)c1cn(-c2ccccc2)cn1. The van der Waals surface area contributed by atoms with E-state index in [1.807, 2.05) is 30.3 Å². The highest BCUT2D eigenvalue weighted by atomic mass is 16.5. The van der Waals surface area contributed by atoms with E-state index < -0.39 is 5.97 Å². The van der Waals surface area contributed by atoms with E-state index in [1.165, 1.54) is 7.11 Å². The van der Waals surface area contributed by atoms with Gasteiger partial charge in [0.2, 0.25) is 0 Å². The molecule has 0 atom stereocenters. The number of para-hydroxylation sites is 1. The second-order valence-corrected chi connectivity index (χ2v) is 2.99. The summed E-state index contributed by atoms with van der Waals surface area (Å²) in [5, 5.41) is 0. The van der Waals surface area contributed by atoms with Crippen LogP contribution in [0.25, 0.3) is 5.69 Å². The Hall–Kier alpha value is -2.10. The zero-order valence-electron chi connectivity index (χ0n) is 8.25. The van der Waals surface area contributed by atoms with Crippen LogP contribution in [-0.4, -0.2) is 22.6 Å². The number of nitrogens with zero attached hydrogens (tertiary/aromatic N) is 2. The summed E-state index contributed by atoms with van der Waals surface area (Å²) in [4.78, 5) is 15.1. The first kappa shape index (κ1) is 9.45. The molecule has 2 aromatic rings. The third-order valence-corrected chi connectivity index (χ3v) is 2.03. The molecule has 0 aliphatic rings. The van der Waals surface area contributed by atoms with Crippen molar-refractivity contribution in [3.8, 4) is 5.69 Å². The average Bonchev–Trinajstić information content (AvgIpc) is 2.78. The molecule has 0 fully saturated rings. The van der Waals surface area contributed by atoms with Gasteiger partial charge in [-0.3, -0.25) is 0 Å². The van der Waals surface area contributed by atoms with Gasteiger partial charge in [0.1, 0.15) is 6.33 Å². The van der Waals surface area contributed by atoms with Crippen LogP contribution in [0.2, 0.25) is 0 Å². The lowest BCUT2D eigenvalue weighted by atomic mass is 10.3. The number of aromatic nitrogens is 2. The molecule has 0 saturated heterocycles. The lowest BCUT2D eigenvalue weighted by Crippen LogP contribution is -2.00. The summed E-state index contributed by atoms with van der Waals surface area (Å²) in [5.74, 6) is -0.426. The van der Waals surface area contributed by atoms with Crippen molar-refractivity contribution in [2.45, 2.75) is 0 Å². The van der Waals surface area contributed by atoms with Crippen molar-refractivity contribution in [3.05, 3.63) is 48.5 Å². The summed E-state index contributed by atoms with van der Waals surface area (Å²) in [7, 11) is 1.34. The van der Waals surface area contributed by atoms with Gasteiger partial charge in [-0.25, -0.2) is 9.78 Å². The smallest absolute Gasteiger partial charge is 0.358 e. The fourth-order valence-corrected chi connectivity index (χ4v) is 1.27. The van der Waals surface area contributed by atoms with Crippen LogP contribution in [0.1, 0.15) is 10.5 Å². The lowest BCUT2D eigenvalue weighted by molar-refractivity contribution is 0.0594. The molecule has 1 aromatic heterocycles. The molecule has 0 spiro atoms. The minimum absolute atomic E-state index is 0.307. The summed E-state index contributed by atoms with van der Waals surface area (Å²) in [6.07, 6.45) is 3.22. The molecular weight excluding hydrogens is 192 g/mol. The lowest BCUT2D eigenvalue weighted by Gasteiger charge is -1.99. The summed E-state index contributed by atoms with van der Waals surface area (Å²) >= 11 is 0. The average molecular weight is 202 g/mol. The predicted octanol–water partition coefficient (Wildman–Crippen LogP) is 1.66. The number of ether oxygens (including phenoxy) is 1. The second kappa shape index (κ2) is 3.96. The maximum Gasteiger partial charge on any atom is 0.358 e. The molecule has 0 N–H and O–H groups in total. The van der Waals surface area contributed by atoms with Crippen molar-refractivity contribution in [1.29, 1.82) is 0 Å². The molecule has 0 bridgehead atoms. The van der Waals surface area contributed by atoms with Gasteiger partial charge in [-0.15, -0.1) is 0 Å². The van der Waals surface area contributed by atoms with Crippen LogP contribution in [-0.2, 0) is 4.74 Å². The van der Waals surface area contributed by atoms with Crippen molar-refractivity contribution < 1.29 is 9.53 Å². The molecule has 0 saturated carbocycles. The molecule has 15 heavy (non-hydrogen) atoms. The largest absolute Gasteiger partial charge is 0.464 e. The van der Waals surface area contributed by atoms with E-state index in [-0.39, 0.29) is 0 Å². The Morgan fingerprint density at radius 3 is 2.73 bits per heavy atom. The van der Waals surface area contributed by atoms with Crippen LogP contribution in [0.4, 0.5) is 0 Å². The fraction of sp³-hybridized carbons (Fsp3) is 0.0909. The van der Waals surface area contributed by atoms with Gasteiger partial charge in [-0.2, -0.15) is 0 Å². The molecule has 0 amide bonds. The normalized spacial score (nSPS) is 9.93. The molecule has 4 heteroatoms. The van der Waals surface area contributed by atoms with E-state index in [4.69, 9.17) is 0 Å². The number of benzene rings is 1. The Balaban J connectivity index is 2.32. The minimum atomic E-state index is -0.426. The van der Waals surface area contributed by atoms with Gasteiger partial charge in [0.25, 0.3) is 0 Å². The van der Waals surface area contributed by atoms with E-state index in [0.29, 0.717) is 5.69 Å². The molecule has 4 nitrogen and oxygen atoms in total. The number of carbonyl (C=O) groups excluding carboxylic acids is 1. The number of methoxy groups -OCH3 is 1. The van der Waals surface area contributed by atoms with Crippen LogP contribution in [0.15, 0.2) is 42.9 Å². The summed E-state index contributed by atoms with van der Waals surface area (Å²) in [5.41, 5.74) is 1.27. The Morgan fingerprint density at radius 1 is 1.33 bits per heavy atom. The Labute approximate surface area is 87.1 Å². The van der Waals surface area contributed by atoms with Gasteiger partial charge in [-0.05, 0) is 12.1 Å². The minimum Gasteiger partial charge on any atom is -0.464 e. The summed E-state index contributed by atoms with van der Waals surface area (Å²) in [6.45, 7) is 0. The van der Waals surface area contributed by atoms with E-state index in [1.54, 1.807) is 17.1 Å². The highest BCUT2D eigenvalue weighted by molar-refractivity contribution is 5.86. The molecule has 0 unspecified atom stereocenters. The molecular formula is C11H10N2O2. The third kappa shape index (κ3) is 1.88. The standard InChI is InChI=1S/C11H10N2O2/c1-15-11(14)10-7-13(8-12-10)9-5-3-2-4-6-9/h2-8H,1H3. The molecule has 2 rings (SSSR count). The maximum absolute atomic E-state index is 11.2. The highest BCUT2D eigenvalue weighted by Gasteiger charge is 2.08. The van der Waals surface area contributed by atoms with E-state index in [2.05, 4.69) is 9.72 Å². The van der Waals surface area contributed by atoms with Gasteiger partial charge in [0, 0.05) is 11.9 Å². The van der Waals surface area contributed by atoms with Gasteiger partial charge >= 0.3 is 5.97 Å². The topological polar surface area (TPSA) is 44.1 Å². The van der Waals surface area contributed by atoms with Crippen molar-refractivity contribution in [3.63, 3.8) is 0 Å². The molecule has 76 valence electrons. The Kier molecular flexibility index (Phi) is 2.49. The molecule has 1 heterocycles. The first-order valence-corrected chi connectivity index (χ1v) is 4.49. The number of hydrogen-bond acceptors (Lipinski definition) is 3. The number of hydrogen-bond donors (Lipinski definition) is 0. The van der Waals surface area contributed by atoms with Crippen LogP contribution in [0.3, 0.4) is 0 Å². The van der Waals surface area contributed by atoms with Crippen molar-refractivity contribution in [1.82, 2.24) is 9.55 Å². The Bertz CT molecular complexity index is 462. The predicted molar refractivity (Wildman–Crippen MR) is 54.9 cm³/mol. The van der Waals surface area contributed by atoms with E-state index in [9.17, 15) is 4.79 Å². The van der Waals surface area contributed by atoms with Gasteiger partial charge in [-0.1, -0.05) is 18.2 Å². The van der Waals surface area contributed by atoms with Crippen molar-refractivity contribution >= 4 is 5.97 Å². The van der Waals surface area contributed by atoms with E-state index in [0.717, 1.165) is 5.69 Å². The summed E-state index contributed by atoms with van der Waals surface area (Å²) in [6, 6.07) is 9.65. The van der Waals surface area contributed by atoms with Crippen molar-refractivity contribution in [2.24, 2.45) is 0 Å². The van der Waals surface area contributed by atoms with Crippen molar-refractivity contribution in [2.75, 3.05) is 7.11 Å². The van der Waals surface area contributed by atoms with Crippen LogP contribution in [0.5, 0.6) is 0 Å². The van der Waals surface area contributed by atoms with Crippen LogP contribution >= 0.6 is 0 Å². The quantitative estimate of drug-likeness (QED) is 0.695. The Morgan fingerprint density at radius 2 is 2.07 bits per heavy atom. The van der Waals surface area contributed by atoms with Gasteiger partial charge < -0.3 is 9.30 Å². The molecule has 0 aliphatic carbocycles. The number of esters is 1. The molecule has 0 radical (unpaired) electrons. The number of imidazole rings is 1. The van der Waals surface area contributed by atoms with Gasteiger partial charge in [0.15, 0.2) is 5.69 Å².